The van der Waals surface area contributed by atoms with E-state index >= 15 is 0 Å². The van der Waals surface area contributed by atoms with Crippen LogP contribution in [0.4, 0.5) is 0 Å². The molecule has 1 fully saturated rings. The fourth-order valence-electron chi connectivity index (χ4n) is 1.58. The molecule has 0 bridgehead atoms. The number of hydrogen-bond acceptors (Lipinski definition) is 0. The summed E-state index contributed by atoms with van der Waals surface area (Å²) < 4.78 is 0. The number of allylic oxidation sites excluding steroid dienone is 8. The van der Waals surface area contributed by atoms with Gasteiger partial charge in [0.1, 0.15) is 0 Å². The van der Waals surface area contributed by atoms with Crippen molar-refractivity contribution in [1.29, 1.82) is 0 Å². The zero-order valence-corrected chi connectivity index (χ0v) is 13.2. The van der Waals surface area contributed by atoms with Crippen LogP contribution in [-0.4, -0.2) is 0 Å². The van der Waals surface area contributed by atoms with Crippen molar-refractivity contribution in [1.82, 2.24) is 0 Å². The van der Waals surface area contributed by atoms with Crippen molar-refractivity contribution in [3.8, 4) is 0 Å². The van der Waals surface area contributed by atoms with Gasteiger partial charge in [0.25, 0.3) is 0 Å². The van der Waals surface area contributed by atoms with Crippen molar-refractivity contribution in [2.75, 3.05) is 0 Å². The van der Waals surface area contributed by atoms with Crippen LogP contribution in [0.2, 0.25) is 0 Å². The summed E-state index contributed by atoms with van der Waals surface area (Å²) >= 11 is 0. The quantitative estimate of drug-likeness (QED) is 0.472. The largest absolute Gasteiger partial charge is 4.00 e. The van der Waals surface area contributed by atoms with E-state index in [1.165, 1.54) is 32.1 Å². The van der Waals surface area contributed by atoms with Crippen LogP contribution in [0.5, 0.6) is 0 Å². The first-order valence-corrected chi connectivity index (χ1v) is 6.25. The van der Waals surface area contributed by atoms with Gasteiger partial charge in [-0.05, 0) is 0 Å². The van der Waals surface area contributed by atoms with Crippen molar-refractivity contribution in [2.45, 2.75) is 44.9 Å². The van der Waals surface area contributed by atoms with E-state index in [0.717, 1.165) is 12.8 Å². The van der Waals surface area contributed by atoms with Crippen LogP contribution in [0.3, 0.4) is 0 Å². The van der Waals surface area contributed by atoms with Crippen molar-refractivity contribution in [3.63, 3.8) is 0 Å². The fraction of sp³-hybridized carbons (Fsp3) is 0.438. The second kappa shape index (κ2) is 17.0. The topological polar surface area (TPSA) is 0 Å². The molecular weight excluding hydrogens is 275 g/mol. The number of hydrogen-bond donors (Lipinski definition) is 0. The van der Waals surface area contributed by atoms with E-state index in [9.17, 15) is 0 Å². The Morgan fingerprint density at radius 1 is 0.778 bits per heavy atom. The van der Waals surface area contributed by atoms with Gasteiger partial charge >= 0.3 is 21.7 Å². The molecule has 18 heavy (non-hydrogen) atoms. The first-order chi connectivity index (χ1) is 8.00. The predicted octanol–water partition coefficient (Wildman–Crippen LogP) is 1.77. The van der Waals surface area contributed by atoms with Gasteiger partial charge in [-0.3, -0.25) is 12.2 Å². The van der Waals surface area contributed by atoms with Crippen LogP contribution in [-0.2, 0) is 21.7 Å². The van der Waals surface area contributed by atoms with Crippen LogP contribution < -0.4 is 12.4 Å². The smallest absolute Gasteiger partial charge is 1.00 e. The number of rotatable bonds is 0. The second-order valence-electron chi connectivity index (χ2n) is 3.93. The van der Waals surface area contributed by atoms with Gasteiger partial charge in [0.15, 0.2) is 0 Å². The molecule has 0 radical (unpaired) electrons. The summed E-state index contributed by atoms with van der Waals surface area (Å²) in [6.45, 7) is 0. The van der Waals surface area contributed by atoms with E-state index < -0.39 is 0 Å². The zero-order chi connectivity index (χ0) is 11.3. The first kappa shape index (κ1) is 20.3. The molecule has 0 nitrogen and oxygen atoms in total. The van der Waals surface area contributed by atoms with Gasteiger partial charge in [-0.1, -0.05) is 19.3 Å². The predicted molar refractivity (Wildman–Crippen MR) is 70.5 cm³/mol. The van der Waals surface area contributed by atoms with Gasteiger partial charge in [-0.25, -0.2) is 24.3 Å². The molecule has 1 saturated carbocycles. The van der Waals surface area contributed by atoms with E-state index in [1.54, 1.807) is 0 Å². The SMILES string of the molecule is [C-]1=CC=CC1.[C-]1=CC=CC1.[CH-]1CCCCC1.[Cl-].[Ti+4]. The molecule has 3 rings (SSSR count). The normalized spacial score (nSPS) is 17.8. The third kappa shape index (κ3) is 14.0. The maximum absolute atomic E-state index is 2.99. The van der Waals surface area contributed by atoms with Gasteiger partial charge in [-0.15, -0.1) is 12.8 Å². The molecule has 3 aliphatic carbocycles. The third-order valence-electron chi connectivity index (χ3n) is 2.49. The summed E-state index contributed by atoms with van der Waals surface area (Å²) in [6, 6.07) is 0. The molecule has 0 N–H and O–H groups in total. The first-order valence-electron chi connectivity index (χ1n) is 6.25. The van der Waals surface area contributed by atoms with Gasteiger partial charge in [0, 0.05) is 0 Å². The summed E-state index contributed by atoms with van der Waals surface area (Å²) in [5.41, 5.74) is 0. The summed E-state index contributed by atoms with van der Waals surface area (Å²) in [7, 11) is 0. The molecule has 0 aromatic heterocycles. The van der Waals surface area contributed by atoms with Crippen LogP contribution in [0.25, 0.3) is 0 Å². The van der Waals surface area contributed by atoms with Crippen molar-refractivity contribution in [3.05, 3.63) is 55.0 Å². The molecule has 2 heteroatoms. The van der Waals surface area contributed by atoms with E-state index in [0.29, 0.717) is 0 Å². The Kier molecular flexibility index (Phi) is 19.1. The summed E-state index contributed by atoms with van der Waals surface area (Å²) in [5.74, 6) is 0. The molecule has 0 aliphatic heterocycles. The van der Waals surface area contributed by atoms with Gasteiger partial charge < -0.3 is 18.8 Å². The molecule has 0 saturated heterocycles. The maximum Gasteiger partial charge on any atom is 4.00 e. The Balaban J connectivity index is 0. The van der Waals surface area contributed by atoms with Crippen LogP contribution in [0.15, 0.2) is 36.5 Å². The Hall–Kier alpha value is -0.0357. The van der Waals surface area contributed by atoms with E-state index in [1.807, 2.05) is 24.3 Å². The van der Waals surface area contributed by atoms with Crippen molar-refractivity contribution < 1.29 is 34.1 Å². The third-order valence-corrected chi connectivity index (χ3v) is 2.49. The average Bonchev–Trinajstić information content (AvgIpc) is 3.10. The maximum atomic E-state index is 2.99. The van der Waals surface area contributed by atoms with Crippen LogP contribution >= 0.6 is 0 Å². The molecule has 0 aromatic carbocycles. The Morgan fingerprint density at radius 3 is 1.39 bits per heavy atom. The minimum Gasteiger partial charge on any atom is -1.00 e. The molecule has 96 valence electrons. The Labute approximate surface area is 134 Å². The van der Waals surface area contributed by atoms with E-state index in [-0.39, 0.29) is 34.1 Å². The summed E-state index contributed by atoms with van der Waals surface area (Å²) in [6.07, 6.45) is 29.5. The Bertz CT molecular complexity index is 207. The van der Waals surface area contributed by atoms with Gasteiger partial charge in [-0.2, -0.15) is 25.0 Å². The zero-order valence-electron chi connectivity index (χ0n) is 10.9. The molecule has 0 spiro atoms. The fourth-order valence-corrected chi connectivity index (χ4v) is 1.58. The molecule has 0 aromatic rings. The monoisotopic (exact) mass is 296 g/mol. The molecule has 0 amide bonds. The minimum atomic E-state index is 0. The van der Waals surface area contributed by atoms with Crippen molar-refractivity contribution >= 4 is 0 Å². The second-order valence-corrected chi connectivity index (χ2v) is 3.93. The van der Waals surface area contributed by atoms with Crippen LogP contribution in [0.1, 0.15) is 44.9 Å². The number of halogens is 1. The standard InChI is InChI=1S/C6H11.2C5H5.ClH.Ti/c1-2-4-6-5-3-1;2*1-2-4-5-3-1;;/h1H,2-6H2;2*1-3H,4H2;1H;/q3*-1;;+4/p-1. The molecule has 0 heterocycles. The summed E-state index contributed by atoms with van der Waals surface area (Å²) in [5, 5.41) is 0. The van der Waals surface area contributed by atoms with Gasteiger partial charge in [0.2, 0.25) is 0 Å². The Morgan fingerprint density at radius 2 is 1.28 bits per heavy atom. The van der Waals surface area contributed by atoms with E-state index in [2.05, 4.69) is 30.7 Å². The molecule has 0 atom stereocenters. The minimum absolute atomic E-state index is 0. The van der Waals surface area contributed by atoms with Crippen molar-refractivity contribution in [2.24, 2.45) is 0 Å². The molecule has 0 unspecified atom stereocenters. The molecular formula is C16H21ClTi. The summed E-state index contributed by atoms with van der Waals surface area (Å²) in [4.78, 5) is 0. The van der Waals surface area contributed by atoms with E-state index in [4.69, 9.17) is 0 Å². The van der Waals surface area contributed by atoms with Gasteiger partial charge in [0.05, 0.1) is 0 Å². The molecule has 3 aliphatic rings. The van der Waals surface area contributed by atoms with Crippen LogP contribution in [0, 0.1) is 18.6 Å². The average molecular weight is 297 g/mol.